The Hall–Kier alpha value is -2.04. The van der Waals surface area contributed by atoms with Crippen LogP contribution in [-0.4, -0.2) is 29.1 Å². The summed E-state index contributed by atoms with van der Waals surface area (Å²) in [4.78, 5) is 13.1. The van der Waals surface area contributed by atoms with Crippen LogP contribution >= 0.6 is 11.6 Å². The highest BCUT2D eigenvalue weighted by atomic mass is 35.5. The second kappa shape index (κ2) is 8.99. The van der Waals surface area contributed by atoms with Crippen molar-refractivity contribution in [3.63, 3.8) is 0 Å². The Morgan fingerprint density at radius 1 is 1.10 bits per heavy atom. The van der Waals surface area contributed by atoms with E-state index >= 15 is 0 Å². The Balaban J connectivity index is 1.37. The second-order valence-electron chi connectivity index (χ2n) is 8.91. The van der Waals surface area contributed by atoms with Gasteiger partial charge in [0.25, 0.3) is 0 Å². The van der Waals surface area contributed by atoms with E-state index in [2.05, 4.69) is 49.1 Å². The Morgan fingerprint density at radius 2 is 1.77 bits per heavy atom. The molecular weight excluding hydrogens is 398 g/mol. The van der Waals surface area contributed by atoms with Crippen LogP contribution in [-0.2, 0) is 17.9 Å². The van der Waals surface area contributed by atoms with Crippen molar-refractivity contribution < 1.29 is 14.6 Å². The molecule has 4 nitrogen and oxygen atoms in total. The van der Waals surface area contributed by atoms with Gasteiger partial charge in [0.05, 0.1) is 5.92 Å². The van der Waals surface area contributed by atoms with Gasteiger partial charge in [-0.15, -0.1) is 0 Å². The predicted molar refractivity (Wildman–Crippen MR) is 119 cm³/mol. The smallest absolute Gasteiger partial charge is 0.309 e. The number of carboxylic acids is 1. The lowest BCUT2D eigenvalue weighted by Gasteiger charge is -2.36. The number of ether oxygens (including phenoxy) is 1. The minimum absolute atomic E-state index is 0.221. The van der Waals surface area contributed by atoms with E-state index in [1.165, 1.54) is 36.8 Å². The molecule has 160 valence electrons. The van der Waals surface area contributed by atoms with Gasteiger partial charge in [0.15, 0.2) is 0 Å². The fraction of sp³-hybridized carbons (Fsp3) is 0.480. The van der Waals surface area contributed by atoms with Crippen molar-refractivity contribution in [1.82, 2.24) is 4.90 Å². The van der Waals surface area contributed by atoms with Crippen molar-refractivity contribution in [2.24, 2.45) is 5.92 Å². The van der Waals surface area contributed by atoms with Crippen LogP contribution < -0.4 is 4.74 Å². The minimum atomic E-state index is -0.696. The molecule has 4 rings (SSSR count). The zero-order valence-corrected chi connectivity index (χ0v) is 18.5. The molecule has 1 aliphatic carbocycles. The van der Waals surface area contributed by atoms with Gasteiger partial charge in [0.2, 0.25) is 0 Å². The van der Waals surface area contributed by atoms with Crippen molar-refractivity contribution in [3.05, 3.63) is 63.2 Å². The Kier molecular flexibility index (Phi) is 6.35. The first kappa shape index (κ1) is 21.2. The fourth-order valence-electron chi connectivity index (χ4n) is 4.86. The van der Waals surface area contributed by atoms with E-state index in [9.17, 15) is 4.79 Å². The van der Waals surface area contributed by atoms with Gasteiger partial charge in [-0.05, 0) is 66.5 Å². The molecule has 1 heterocycles. The van der Waals surface area contributed by atoms with Gasteiger partial charge in [-0.25, -0.2) is 0 Å². The SMILES string of the molecule is Cc1cc(CN2CC(C(=O)O)C2)cc(C)c1OCc1ccc(C2CCCC2)c(Cl)c1. The van der Waals surface area contributed by atoms with Crippen LogP contribution in [0.25, 0.3) is 0 Å². The fourth-order valence-corrected chi connectivity index (χ4v) is 5.21. The predicted octanol–water partition coefficient (Wildman–Crippen LogP) is 5.71. The van der Waals surface area contributed by atoms with Gasteiger partial charge in [-0.3, -0.25) is 9.69 Å². The summed E-state index contributed by atoms with van der Waals surface area (Å²) in [5.41, 5.74) is 5.78. The van der Waals surface area contributed by atoms with Gasteiger partial charge in [-0.2, -0.15) is 0 Å². The van der Waals surface area contributed by atoms with E-state index in [0.29, 0.717) is 25.6 Å². The molecule has 0 unspecified atom stereocenters. The number of halogens is 1. The van der Waals surface area contributed by atoms with Crippen molar-refractivity contribution in [2.45, 2.75) is 58.6 Å². The number of carboxylic acid groups (broad SMARTS) is 1. The van der Waals surface area contributed by atoms with E-state index < -0.39 is 5.97 Å². The third-order valence-electron chi connectivity index (χ3n) is 6.48. The zero-order valence-electron chi connectivity index (χ0n) is 17.8. The number of benzene rings is 2. The molecule has 2 aromatic carbocycles. The van der Waals surface area contributed by atoms with Crippen LogP contribution in [0.15, 0.2) is 30.3 Å². The van der Waals surface area contributed by atoms with Crippen molar-refractivity contribution in [3.8, 4) is 5.75 Å². The summed E-state index contributed by atoms with van der Waals surface area (Å²) in [6.07, 6.45) is 5.10. The normalized spacial score (nSPS) is 17.8. The van der Waals surface area contributed by atoms with Crippen LogP contribution in [0.1, 0.15) is 59.4 Å². The molecule has 1 aliphatic heterocycles. The van der Waals surface area contributed by atoms with Crippen molar-refractivity contribution in [1.29, 1.82) is 0 Å². The Morgan fingerprint density at radius 3 is 2.37 bits per heavy atom. The lowest BCUT2D eigenvalue weighted by molar-refractivity contribution is -0.147. The number of likely N-dealkylation sites (tertiary alicyclic amines) is 1. The molecular formula is C25H30ClNO3. The number of hydrogen-bond donors (Lipinski definition) is 1. The summed E-state index contributed by atoms with van der Waals surface area (Å²) < 4.78 is 6.17. The zero-order chi connectivity index (χ0) is 21.3. The summed E-state index contributed by atoms with van der Waals surface area (Å²) in [6.45, 7) is 6.67. The maximum Gasteiger partial charge on any atom is 0.309 e. The molecule has 2 aliphatic rings. The highest BCUT2D eigenvalue weighted by Crippen LogP contribution is 2.38. The van der Waals surface area contributed by atoms with Gasteiger partial charge < -0.3 is 9.84 Å². The summed E-state index contributed by atoms with van der Waals surface area (Å²) >= 11 is 6.58. The molecule has 5 heteroatoms. The molecule has 0 atom stereocenters. The number of nitrogens with zero attached hydrogens (tertiary/aromatic N) is 1. The number of aliphatic carboxylic acids is 1. The quantitative estimate of drug-likeness (QED) is 0.614. The summed E-state index contributed by atoms with van der Waals surface area (Å²) in [6, 6.07) is 10.7. The number of aryl methyl sites for hydroxylation is 2. The monoisotopic (exact) mass is 427 g/mol. The minimum Gasteiger partial charge on any atom is -0.488 e. The third kappa shape index (κ3) is 4.65. The van der Waals surface area contributed by atoms with Crippen LogP contribution in [0.4, 0.5) is 0 Å². The molecule has 1 saturated heterocycles. The van der Waals surface area contributed by atoms with Crippen LogP contribution in [0.2, 0.25) is 5.02 Å². The number of carbonyl (C=O) groups is 1. The summed E-state index contributed by atoms with van der Waals surface area (Å²) in [5, 5.41) is 9.89. The maximum absolute atomic E-state index is 11.0. The molecule has 0 spiro atoms. The van der Waals surface area contributed by atoms with E-state index in [0.717, 1.165) is 34.0 Å². The van der Waals surface area contributed by atoms with E-state index in [1.807, 2.05) is 0 Å². The molecule has 2 fully saturated rings. The van der Waals surface area contributed by atoms with Crippen LogP contribution in [0, 0.1) is 19.8 Å². The van der Waals surface area contributed by atoms with E-state index in [1.54, 1.807) is 0 Å². The summed E-state index contributed by atoms with van der Waals surface area (Å²) in [7, 11) is 0. The van der Waals surface area contributed by atoms with E-state index in [4.69, 9.17) is 21.4 Å². The largest absolute Gasteiger partial charge is 0.488 e. The molecule has 0 amide bonds. The maximum atomic E-state index is 11.0. The summed E-state index contributed by atoms with van der Waals surface area (Å²) in [5.74, 6) is 0.615. The average molecular weight is 428 g/mol. The second-order valence-corrected chi connectivity index (χ2v) is 9.32. The first-order valence-corrected chi connectivity index (χ1v) is 11.2. The molecule has 1 saturated carbocycles. The highest BCUT2D eigenvalue weighted by Gasteiger charge is 2.32. The van der Waals surface area contributed by atoms with Crippen LogP contribution in [0.3, 0.4) is 0 Å². The van der Waals surface area contributed by atoms with Gasteiger partial charge in [0, 0.05) is 24.7 Å². The van der Waals surface area contributed by atoms with Gasteiger partial charge >= 0.3 is 5.97 Å². The van der Waals surface area contributed by atoms with E-state index in [-0.39, 0.29) is 5.92 Å². The molecule has 2 aromatic rings. The number of hydrogen-bond acceptors (Lipinski definition) is 3. The van der Waals surface area contributed by atoms with Crippen molar-refractivity contribution >= 4 is 17.6 Å². The standard InChI is InChI=1S/C25H30ClNO3/c1-16-9-19(12-27-13-21(14-27)25(28)29)10-17(2)24(16)30-15-18-7-8-22(23(26)11-18)20-5-3-4-6-20/h7-11,20-21H,3-6,12-15H2,1-2H3,(H,28,29). The average Bonchev–Trinajstić information content (AvgIpc) is 3.18. The van der Waals surface area contributed by atoms with Crippen molar-refractivity contribution in [2.75, 3.05) is 13.1 Å². The number of rotatable bonds is 7. The lowest BCUT2D eigenvalue weighted by Crippen LogP contribution is -2.49. The van der Waals surface area contributed by atoms with Gasteiger partial charge in [0.1, 0.15) is 12.4 Å². The van der Waals surface area contributed by atoms with Gasteiger partial charge in [-0.1, -0.05) is 48.7 Å². The first-order valence-electron chi connectivity index (χ1n) is 10.9. The Bertz CT molecular complexity index is 907. The molecule has 1 N–H and O–H groups in total. The molecule has 30 heavy (non-hydrogen) atoms. The Labute approximate surface area is 183 Å². The molecule has 0 aromatic heterocycles. The molecule has 0 bridgehead atoms. The molecule has 0 radical (unpaired) electrons. The topological polar surface area (TPSA) is 49.8 Å². The van der Waals surface area contributed by atoms with Crippen LogP contribution in [0.5, 0.6) is 5.75 Å². The third-order valence-corrected chi connectivity index (χ3v) is 6.80. The lowest BCUT2D eigenvalue weighted by atomic mass is 9.96. The highest BCUT2D eigenvalue weighted by molar-refractivity contribution is 6.31. The first-order chi connectivity index (χ1) is 14.4.